The Morgan fingerprint density at radius 3 is 2.76 bits per heavy atom. The molecule has 3 aromatic rings. The first-order valence-corrected chi connectivity index (χ1v) is 11.5. The molecule has 1 atom stereocenters. The number of anilines is 2. The Kier molecular flexibility index (Phi) is 6.30. The lowest BCUT2D eigenvalue weighted by atomic mass is 10.2. The molecule has 0 radical (unpaired) electrons. The van der Waals surface area contributed by atoms with Crippen LogP contribution in [0.15, 0.2) is 24.5 Å². The Labute approximate surface area is 199 Å². The van der Waals surface area contributed by atoms with Crippen molar-refractivity contribution in [2.75, 3.05) is 18.4 Å². The van der Waals surface area contributed by atoms with E-state index in [9.17, 15) is 19.1 Å². The number of ether oxygens (including phenoxy) is 2. The molecule has 0 aliphatic carbocycles. The van der Waals surface area contributed by atoms with Crippen molar-refractivity contribution in [3.8, 4) is 5.75 Å². The smallest absolute Gasteiger partial charge is 0.410 e. The molecule has 3 heterocycles. The number of carbonyl (C=O) groups is 2. The van der Waals surface area contributed by atoms with E-state index < -0.39 is 23.5 Å². The van der Waals surface area contributed by atoms with E-state index in [1.54, 1.807) is 32.6 Å². The SMILES string of the molecule is Cc1c(C(=O)O)sc2ncnc(Nc3ccc(F)cc3O[C@H]3CCN(C(=O)OC(C)(C)C)C3)c12. The molecular weight excluding hydrogens is 463 g/mol. The van der Waals surface area contributed by atoms with Crippen LogP contribution in [0.1, 0.15) is 42.4 Å². The van der Waals surface area contributed by atoms with E-state index in [1.807, 2.05) is 0 Å². The van der Waals surface area contributed by atoms with Crippen molar-refractivity contribution in [1.82, 2.24) is 14.9 Å². The maximum atomic E-state index is 14.1. The number of aryl methyl sites for hydroxylation is 1. The van der Waals surface area contributed by atoms with Crippen LogP contribution in [0.25, 0.3) is 10.2 Å². The van der Waals surface area contributed by atoms with E-state index in [1.165, 1.54) is 24.5 Å². The number of carboxylic acid groups (broad SMARTS) is 1. The van der Waals surface area contributed by atoms with Crippen molar-refractivity contribution >= 4 is 45.1 Å². The van der Waals surface area contributed by atoms with Gasteiger partial charge in [0, 0.05) is 19.0 Å². The summed E-state index contributed by atoms with van der Waals surface area (Å²) >= 11 is 1.06. The number of aromatic nitrogens is 2. The van der Waals surface area contributed by atoms with Crippen LogP contribution >= 0.6 is 11.3 Å². The van der Waals surface area contributed by atoms with Gasteiger partial charge in [0.1, 0.15) is 45.1 Å². The fourth-order valence-electron chi connectivity index (χ4n) is 3.69. The van der Waals surface area contributed by atoms with Crippen LogP contribution in [-0.2, 0) is 4.74 Å². The van der Waals surface area contributed by atoms with Crippen LogP contribution in [0.5, 0.6) is 5.75 Å². The molecule has 1 aliphatic heterocycles. The number of likely N-dealkylation sites (tertiary alicyclic amines) is 1. The van der Waals surface area contributed by atoms with E-state index in [-0.39, 0.29) is 16.7 Å². The maximum absolute atomic E-state index is 14.1. The van der Waals surface area contributed by atoms with Crippen molar-refractivity contribution < 1.29 is 28.6 Å². The Morgan fingerprint density at radius 1 is 1.29 bits per heavy atom. The molecule has 0 spiro atoms. The lowest BCUT2D eigenvalue weighted by Gasteiger charge is -2.24. The maximum Gasteiger partial charge on any atom is 0.410 e. The van der Waals surface area contributed by atoms with Gasteiger partial charge in [-0.05, 0) is 45.4 Å². The highest BCUT2D eigenvalue weighted by Gasteiger charge is 2.31. The fraction of sp³-hybridized carbons (Fsp3) is 0.391. The summed E-state index contributed by atoms with van der Waals surface area (Å²) in [5.74, 6) is -0.859. The van der Waals surface area contributed by atoms with Crippen LogP contribution in [0.3, 0.4) is 0 Å². The van der Waals surface area contributed by atoms with Gasteiger partial charge in [0.15, 0.2) is 0 Å². The van der Waals surface area contributed by atoms with E-state index in [0.29, 0.717) is 46.8 Å². The minimum Gasteiger partial charge on any atom is -0.486 e. The van der Waals surface area contributed by atoms with Gasteiger partial charge >= 0.3 is 12.1 Å². The normalized spacial score (nSPS) is 16.0. The van der Waals surface area contributed by atoms with Crippen molar-refractivity contribution in [3.63, 3.8) is 0 Å². The second-order valence-corrected chi connectivity index (χ2v) is 9.98. The molecule has 1 aromatic carbocycles. The monoisotopic (exact) mass is 488 g/mol. The van der Waals surface area contributed by atoms with E-state index >= 15 is 0 Å². The molecule has 1 saturated heterocycles. The van der Waals surface area contributed by atoms with Crippen molar-refractivity contribution in [1.29, 1.82) is 0 Å². The molecule has 180 valence electrons. The Bertz CT molecular complexity index is 1260. The van der Waals surface area contributed by atoms with Gasteiger partial charge in [-0.25, -0.2) is 23.9 Å². The Morgan fingerprint density at radius 2 is 2.06 bits per heavy atom. The number of benzene rings is 1. The summed E-state index contributed by atoms with van der Waals surface area (Å²) in [6.45, 7) is 7.89. The number of halogens is 1. The molecule has 0 unspecified atom stereocenters. The summed E-state index contributed by atoms with van der Waals surface area (Å²) in [6, 6.07) is 4.08. The van der Waals surface area contributed by atoms with Gasteiger partial charge in [0.25, 0.3) is 0 Å². The minimum absolute atomic E-state index is 0.183. The minimum atomic E-state index is -1.03. The van der Waals surface area contributed by atoms with Gasteiger partial charge in [-0.3, -0.25) is 0 Å². The third-order valence-corrected chi connectivity index (χ3v) is 6.40. The number of thiophene rings is 1. The van der Waals surface area contributed by atoms with Crippen molar-refractivity contribution in [2.24, 2.45) is 0 Å². The average Bonchev–Trinajstić information content (AvgIpc) is 3.34. The fourth-order valence-corrected chi connectivity index (χ4v) is 4.68. The van der Waals surface area contributed by atoms with Gasteiger partial charge in [0.2, 0.25) is 0 Å². The predicted octanol–water partition coefficient (Wildman–Crippen LogP) is 4.97. The Balaban J connectivity index is 1.56. The second-order valence-electron chi connectivity index (χ2n) is 8.98. The number of nitrogens with one attached hydrogen (secondary N) is 1. The van der Waals surface area contributed by atoms with Gasteiger partial charge in [-0.1, -0.05) is 0 Å². The first-order valence-electron chi connectivity index (χ1n) is 10.7. The number of carbonyl (C=O) groups excluding carboxylic acids is 1. The third kappa shape index (κ3) is 5.04. The number of carboxylic acids is 1. The van der Waals surface area contributed by atoms with Crippen LogP contribution in [-0.4, -0.2) is 56.8 Å². The van der Waals surface area contributed by atoms with Crippen molar-refractivity contribution in [3.05, 3.63) is 40.8 Å². The molecule has 1 fully saturated rings. The highest BCUT2D eigenvalue weighted by Crippen LogP contribution is 2.37. The number of fused-ring (bicyclic) bond motifs is 1. The largest absolute Gasteiger partial charge is 0.486 e. The van der Waals surface area contributed by atoms with Crippen LogP contribution in [0.4, 0.5) is 20.7 Å². The predicted molar refractivity (Wildman–Crippen MR) is 126 cm³/mol. The molecule has 2 aromatic heterocycles. The molecule has 11 heteroatoms. The third-order valence-electron chi connectivity index (χ3n) is 5.21. The molecule has 1 aliphatic rings. The number of aromatic carboxylic acids is 1. The molecular formula is C23H25FN4O5S. The highest BCUT2D eigenvalue weighted by molar-refractivity contribution is 7.20. The van der Waals surface area contributed by atoms with Gasteiger partial charge in [0.05, 0.1) is 17.6 Å². The number of nitrogens with zero attached hydrogens (tertiary/aromatic N) is 3. The van der Waals surface area contributed by atoms with Crippen LogP contribution in [0, 0.1) is 12.7 Å². The van der Waals surface area contributed by atoms with Crippen molar-refractivity contribution in [2.45, 2.75) is 45.8 Å². The standard InChI is InChI=1S/C23H25FN4O5S/c1-12-17-19(25-11-26-20(17)34-18(12)21(29)30)27-15-6-5-13(24)9-16(15)32-14-7-8-28(10-14)22(31)33-23(2,3)4/h5-6,9,11,14H,7-8,10H2,1-4H3,(H,29,30)(H,25,26,27)/t14-/m0/s1. The van der Waals surface area contributed by atoms with Gasteiger partial charge < -0.3 is 24.8 Å². The zero-order chi connectivity index (χ0) is 24.6. The zero-order valence-corrected chi connectivity index (χ0v) is 20.0. The average molecular weight is 489 g/mol. The first kappa shape index (κ1) is 23.7. The molecule has 1 amide bonds. The zero-order valence-electron chi connectivity index (χ0n) is 19.2. The molecule has 0 saturated carbocycles. The van der Waals surface area contributed by atoms with Gasteiger partial charge in [-0.2, -0.15) is 0 Å². The lowest BCUT2D eigenvalue weighted by molar-refractivity contribution is 0.0275. The number of hydrogen-bond donors (Lipinski definition) is 2. The van der Waals surface area contributed by atoms with Crippen LogP contribution < -0.4 is 10.1 Å². The van der Waals surface area contributed by atoms with E-state index in [0.717, 1.165) is 11.3 Å². The molecule has 34 heavy (non-hydrogen) atoms. The highest BCUT2D eigenvalue weighted by atomic mass is 32.1. The van der Waals surface area contributed by atoms with E-state index in [4.69, 9.17) is 9.47 Å². The Hall–Kier alpha value is -3.47. The summed E-state index contributed by atoms with van der Waals surface area (Å²) in [5.41, 5.74) is 0.405. The topological polar surface area (TPSA) is 114 Å². The first-order chi connectivity index (χ1) is 16.0. The molecule has 0 bridgehead atoms. The number of amides is 1. The second kappa shape index (κ2) is 9.05. The quantitative estimate of drug-likeness (QED) is 0.518. The summed E-state index contributed by atoms with van der Waals surface area (Å²) < 4.78 is 25.6. The number of hydrogen-bond acceptors (Lipinski definition) is 8. The summed E-state index contributed by atoms with van der Waals surface area (Å²) in [4.78, 5) is 34.6. The lowest BCUT2D eigenvalue weighted by Crippen LogP contribution is -2.36. The summed E-state index contributed by atoms with van der Waals surface area (Å²) in [7, 11) is 0. The van der Waals surface area contributed by atoms with Gasteiger partial charge in [-0.15, -0.1) is 11.3 Å². The number of rotatable bonds is 5. The van der Waals surface area contributed by atoms with E-state index in [2.05, 4.69) is 15.3 Å². The summed E-state index contributed by atoms with van der Waals surface area (Å²) in [6.07, 6.45) is 1.15. The molecule has 4 rings (SSSR count). The summed E-state index contributed by atoms with van der Waals surface area (Å²) in [5, 5.41) is 13.2. The molecule has 9 nitrogen and oxygen atoms in total. The van der Waals surface area contributed by atoms with Crippen LogP contribution in [0.2, 0.25) is 0 Å². The molecule has 2 N–H and O–H groups in total.